The minimum Gasteiger partial charge on any atom is -0.309 e. The van der Waals surface area contributed by atoms with Crippen LogP contribution in [0.3, 0.4) is 0 Å². The highest BCUT2D eigenvalue weighted by Crippen LogP contribution is 2.44. The first-order valence-electron chi connectivity index (χ1n) is 16.1. The predicted molar refractivity (Wildman–Crippen MR) is 203 cm³/mol. The van der Waals surface area contributed by atoms with Gasteiger partial charge in [0.25, 0.3) is 0 Å². The summed E-state index contributed by atoms with van der Waals surface area (Å²) >= 11 is 1.82. The molecule has 0 saturated heterocycles. The lowest BCUT2D eigenvalue weighted by atomic mass is 9.95. The fourth-order valence-corrected chi connectivity index (χ4v) is 8.86. The van der Waals surface area contributed by atoms with E-state index in [0.717, 1.165) is 44.6 Å². The van der Waals surface area contributed by atoms with Crippen molar-refractivity contribution in [3.8, 4) is 34.6 Å². The first kappa shape index (κ1) is 27.5. The van der Waals surface area contributed by atoms with E-state index < -0.39 is 0 Å². The third-order valence-corrected chi connectivity index (χ3v) is 10.9. The molecule has 0 amide bonds. The van der Waals surface area contributed by atoms with Crippen LogP contribution in [0.4, 0.5) is 0 Å². The molecule has 0 radical (unpaired) electrons. The maximum atomic E-state index is 10.5. The predicted octanol–water partition coefficient (Wildman–Crippen LogP) is 11.7. The van der Waals surface area contributed by atoms with E-state index in [2.05, 4.69) is 124 Å². The molecule has 7 aromatic carbocycles. The summed E-state index contributed by atoms with van der Waals surface area (Å²) in [5, 5.41) is 28.2. The average molecular weight is 641 g/mol. The van der Waals surface area contributed by atoms with Crippen LogP contribution in [0, 0.1) is 22.7 Å². The molecule has 0 bridgehead atoms. The second-order valence-corrected chi connectivity index (χ2v) is 13.4. The summed E-state index contributed by atoms with van der Waals surface area (Å²) in [5.74, 6) is 0. The van der Waals surface area contributed by atoms with Crippen LogP contribution in [0.1, 0.15) is 11.1 Å². The van der Waals surface area contributed by atoms with Crippen LogP contribution in [0.5, 0.6) is 0 Å². The van der Waals surface area contributed by atoms with Crippen molar-refractivity contribution in [2.45, 2.75) is 0 Å². The lowest BCUT2D eigenvalue weighted by molar-refractivity contribution is 1.17. The van der Waals surface area contributed by atoms with Gasteiger partial charge in [0.1, 0.15) is 0 Å². The Morgan fingerprint density at radius 2 is 0.898 bits per heavy atom. The van der Waals surface area contributed by atoms with Gasteiger partial charge in [-0.25, -0.2) is 0 Å². The Morgan fingerprint density at radius 1 is 0.408 bits per heavy atom. The van der Waals surface area contributed by atoms with Crippen molar-refractivity contribution < 1.29 is 0 Å². The van der Waals surface area contributed by atoms with Gasteiger partial charge in [0.2, 0.25) is 0 Å². The molecule has 0 aliphatic carbocycles. The Kier molecular flexibility index (Phi) is 5.84. The van der Waals surface area contributed by atoms with Crippen molar-refractivity contribution in [3.05, 3.63) is 157 Å². The van der Waals surface area contributed by atoms with Crippen molar-refractivity contribution in [2.24, 2.45) is 0 Å². The Labute approximate surface area is 285 Å². The summed E-state index contributed by atoms with van der Waals surface area (Å²) in [6.45, 7) is 0. The first-order chi connectivity index (χ1) is 24.2. The Balaban J connectivity index is 1.16. The monoisotopic (exact) mass is 640 g/mol. The quantitative estimate of drug-likeness (QED) is 0.193. The summed E-state index contributed by atoms with van der Waals surface area (Å²) in [5.41, 5.74) is 8.69. The summed E-state index contributed by atoms with van der Waals surface area (Å²) in [4.78, 5) is 0. The molecule has 0 aliphatic heterocycles. The third kappa shape index (κ3) is 3.88. The fourth-order valence-electron chi connectivity index (χ4n) is 7.75. The number of hydrogen-bond acceptors (Lipinski definition) is 3. The van der Waals surface area contributed by atoms with Crippen LogP contribution in [0.2, 0.25) is 0 Å². The zero-order valence-corrected chi connectivity index (χ0v) is 26.9. The first-order valence-corrected chi connectivity index (χ1v) is 17.0. The van der Waals surface area contributed by atoms with Crippen molar-refractivity contribution in [1.82, 2.24) is 9.13 Å². The molecule has 3 heterocycles. The number of fused-ring (bicyclic) bond motifs is 10. The molecule has 0 aliphatic rings. The maximum Gasteiger partial charge on any atom is 0.0998 e. The van der Waals surface area contributed by atoms with Gasteiger partial charge in [0.05, 0.1) is 45.3 Å². The highest BCUT2D eigenvalue weighted by molar-refractivity contribution is 7.26. The van der Waals surface area contributed by atoms with Crippen LogP contribution in [-0.2, 0) is 0 Å². The van der Waals surface area contributed by atoms with E-state index in [-0.39, 0.29) is 0 Å². The molecule has 0 fully saturated rings. The molecular weight excluding hydrogens is 617 g/mol. The minimum absolute atomic E-state index is 0.520. The third-order valence-electron chi connectivity index (χ3n) is 9.81. The topological polar surface area (TPSA) is 57.4 Å². The van der Waals surface area contributed by atoms with Crippen LogP contribution < -0.4 is 0 Å². The Morgan fingerprint density at radius 3 is 1.49 bits per heavy atom. The van der Waals surface area contributed by atoms with Crippen molar-refractivity contribution in [1.29, 1.82) is 10.5 Å². The number of rotatable bonds is 3. The largest absolute Gasteiger partial charge is 0.309 e. The molecule has 10 aromatic rings. The van der Waals surface area contributed by atoms with Crippen LogP contribution in [0.25, 0.3) is 86.3 Å². The van der Waals surface area contributed by atoms with Gasteiger partial charge in [-0.15, -0.1) is 11.3 Å². The van der Waals surface area contributed by atoms with Gasteiger partial charge in [-0.1, -0.05) is 84.9 Å². The number of aromatic nitrogens is 2. The smallest absolute Gasteiger partial charge is 0.0998 e. The molecule has 3 aromatic heterocycles. The summed E-state index contributed by atoms with van der Waals surface area (Å²) < 4.78 is 7.01. The van der Waals surface area contributed by atoms with E-state index in [1.54, 1.807) is 0 Å². The molecule has 49 heavy (non-hydrogen) atoms. The zero-order chi connectivity index (χ0) is 32.6. The molecule has 10 rings (SSSR count). The number of nitrogens with zero attached hydrogens (tertiary/aromatic N) is 4. The van der Waals surface area contributed by atoms with Crippen LogP contribution in [-0.4, -0.2) is 9.13 Å². The number of nitriles is 2. The number of thiophene rings is 1. The highest BCUT2D eigenvalue weighted by Gasteiger charge is 2.20. The van der Waals surface area contributed by atoms with E-state index in [1.165, 1.54) is 41.7 Å². The number of para-hydroxylation sites is 3. The maximum absolute atomic E-state index is 10.5. The molecule has 0 spiro atoms. The molecular formula is C44H24N4S. The van der Waals surface area contributed by atoms with Crippen molar-refractivity contribution >= 4 is 75.1 Å². The van der Waals surface area contributed by atoms with Gasteiger partial charge in [0.15, 0.2) is 0 Å². The standard InChI is InChI=1S/C44H24N4S/c45-25-27-23-29(47-37-13-5-1-9-33(37)34-10-2-6-14-38(34)47)17-19-31(27)32-20-18-30(24-28(32)26-46)48-39-15-7-3-11-35(39)43-40(48)21-22-42-44(43)36-12-4-8-16-41(36)49-42/h1-24H. The van der Waals surface area contributed by atoms with E-state index >= 15 is 0 Å². The van der Waals surface area contributed by atoms with E-state index in [4.69, 9.17) is 0 Å². The minimum atomic E-state index is 0.520. The molecule has 5 heteroatoms. The molecule has 4 nitrogen and oxygen atoms in total. The van der Waals surface area contributed by atoms with E-state index in [9.17, 15) is 10.5 Å². The Hall–Kier alpha value is -6.66. The SMILES string of the molecule is N#Cc1cc(-n2c3ccccc3c3ccccc32)ccc1-c1ccc(-n2c3ccccc3c3c4c(ccc32)sc2ccccc24)cc1C#N. The van der Waals surface area contributed by atoms with Gasteiger partial charge in [-0.3, -0.25) is 0 Å². The van der Waals surface area contributed by atoms with Gasteiger partial charge in [0, 0.05) is 64.2 Å². The van der Waals surface area contributed by atoms with E-state index in [0.29, 0.717) is 11.1 Å². The molecule has 226 valence electrons. The van der Waals surface area contributed by atoms with Gasteiger partial charge >= 0.3 is 0 Å². The molecule has 0 saturated carbocycles. The fraction of sp³-hybridized carbons (Fsp3) is 0. The number of benzene rings is 7. The van der Waals surface area contributed by atoms with E-state index in [1.807, 2.05) is 53.8 Å². The molecule has 0 atom stereocenters. The van der Waals surface area contributed by atoms with Crippen molar-refractivity contribution in [3.63, 3.8) is 0 Å². The van der Waals surface area contributed by atoms with Gasteiger partial charge in [-0.05, 0) is 60.7 Å². The van der Waals surface area contributed by atoms with Gasteiger partial charge < -0.3 is 9.13 Å². The van der Waals surface area contributed by atoms with Gasteiger partial charge in [-0.2, -0.15) is 10.5 Å². The second kappa shape index (κ2) is 10.4. The lowest BCUT2D eigenvalue weighted by Gasteiger charge is -2.14. The normalized spacial score (nSPS) is 11.6. The summed E-state index contributed by atoms with van der Waals surface area (Å²) in [7, 11) is 0. The zero-order valence-electron chi connectivity index (χ0n) is 26.1. The molecule has 0 unspecified atom stereocenters. The van der Waals surface area contributed by atoms with Crippen LogP contribution >= 0.6 is 11.3 Å². The molecule has 0 N–H and O–H groups in total. The highest BCUT2D eigenvalue weighted by atomic mass is 32.1. The Bertz CT molecular complexity index is 3030. The average Bonchev–Trinajstić information content (AvgIpc) is 3.82. The van der Waals surface area contributed by atoms with Crippen LogP contribution in [0.15, 0.2) is 146 Å². The second-order valence-electron chi connectivity index (χ2n) is 12.3. The summed E-state index contributed by atoms with van der Waals surface area (Å²) in [6.07, 6.45) is 0. The number of hydrogen-bond donors (Lipinski definition) is 0. The van der Waals surface area contributed by atoms with Crippen molar-refractivity contribution in [2.75, 3.05) is 0 Å². The lowest BCUT2D eigenvalue weighted by Crippen LogP contribution is -1.98. The summed E-state index contributed by atoms with van der Waals surface area (Å²) in [6, 6.07) is 55.1.